The van der Waals surface area contributed by atoms with E-state index in [9.17, 15) is 4.39 Å². The maximum absolute atomic E-state index is 13.8. The molecule has 1 N–H and O–H groups in total. The fourth-order valence-corrected chi connectivity index (χ4v) is 4.31. The maximum atomic E-state index is 13.8. The summed E-state index contributed by atoms with van der Waals surface area (Å²) in [6, 6.07) is 9.15. The van der Waals surface area contributed by atoms with Crippen molar-refractivity contribution in [3.63, 3.8) is 0 Å². The minimum absolute atomic E-state index is 0.136. The number of halogens is 1. The number of nitrogens with zero attached hydrogens (tertiary/aromatic N) is 1. The second kappa shape index (κ2) is 4.86. The lowest BCUT2D eigenvalue weighted by Crippen LogP contribution is -2.24. The van der Waals surface area contributed by atoms with Gasteiger partial charge in [0.15, 0.2) is 0 Å². The predicted molar refractivity (Wildman–Crippen MR) is 81.8 cm³/mol. The Labute approximate surface area is 122 Å². The SMILES string of the molecule is Fc1ccccc1-c1cc(N2CC3CNCC3C2)cs1. The average Bonchev–Trinajstić information content (AvgIpc) is 3.13. The molecular weight excluding hydrogens is 271 g/mol. The second-order valence-corrected chi connectivity index (χ2v) is 6.64. The first-order valence-electron chi connectivity index (χ1n) is 7.10. The van der Waals surface area contributed by atoms with Crippen LogP contribution in [-0.4, -0.2) is 26.2 Å². The van der Waals surface area contributed by atoms with Crippen LogP contribution in [0.1, 0.15) is 0 Å². The fraction of sp³-hybridized carbons (Fsp3) is 0.375. The number of hydrogen-bond donors (Lipinski definition) is 1. The Morgan fingerprint density at radius 3 is 2.65 bits per heavy atom. The van der Waals surface area contributed by atoms with Gasteiger partial charge in [-0.2, -0.15) is 0 Å². The normalized spacial score (nSPS) is 25.1. The second-order valence-electron chi connectivity index (χ2n) is 5.73. The maximum Gasteiger partial charge on any atom is 0.131 e. The highest BCUT2D eigenvalue weighted by Gasteiger charge is 2.36. The van der Waals surface area contributed by atoms with Gasteiger partial charge in [-0.15, -0.1) is 11.3 Å². The van der Waals surface area contributed by atoms with E-state index in [1.807, 2.05) is 12.1 Å². The summed E-state index contributed by atoms with van der Waals surface area (Å²) in [4.78, 5) is 3.48. The van der Waals surface area contributed by atoms with E-state index < -0.39 is 0 Å². The summed E-state index contributed by atoms with van der Waals surface area (Å²) in [5.74, 6) is 1.43. The van der Waals surface area contributed by atoms with Crippen LogP contribution >= 0.6 is 11.3 Å². The number of anilines is 1. The van der Waals surface area contributed by atoms with E-state index in [1.54, 1.807) is 17.4 Å². The first-order valence-corrected chi connectivity index (χ1v) is 7.98. The summed E-state index contributed by atoms with van der Waals surface area (Å²) in [5.41, 5.74) is 1.97. The lowest BCUT2D eigenvalue weighted by Gasteiger charge is -2.17. The van der Waals surface area contributed by atoms with Crippen molar-refractivity contribution in [3.05, 3.63) is 41.5 Å². The highest BCUT2D eigenvalue weighted by atomic mass is 32.1. The van der Waals surface area contributed by atoms with Crippen molar-refractivity contribution in [1.29, 1.82) is 0 Å². The van der Waals surface area contributed by atoms with Gasteiger partial charge in [-0.25, -0.2) is 4.39 Å². The molecule has 0 bridgehead atoms. The van der Waals surface area contributed by atoms with Gasteiger partial charge in [0, 0.05) is 47.7 Å². The van der Waals surface area contributed by atoms with Gasteiger partial charge in [-0.3, -0.25) is 0 Å². The van der Waals surface area contributed by atoms with E-state index in [0.29, 0.717) is 5.56 Å². The molecular formula is C16H17FN2S. The summed E-state index contributed by atoms with van der Waals surface area (Å²) < 4.78 is 13.8. The topological polar surface area (TPSA) is 15.3 Å². The largest absolute Gasteiger partial charge is 0.370 e. The lowest BCUT2D eigenvalue weighted by molar-refractivity contribution is 0.533. The highest BCUT2D eigenvalue weighted by Crippen LogP contribution is 2.37. The molecule has 0 amide bonds. The van der Waals surface area contributed by atoms with E-state index in [0.717, 1.165) is 42.9 Å². The van der Waals surface area contributed by atoms with Crippen molar-refractivity contribution >= 4 is 17.0 Å². The highest BCUT2D eigenvalue weighted by molar-refractivity contribution is 7.14. The average molecular weight is 288 g/mol. The molecule has 4 rings (SSSR count). The summed E-state index contributed by atoms with van der Waals surface area (Å²) in [7, 11) is 0. The first kappa shape index (κ1) is 12.4. The van der Waals surface area contributed by atoms with E-state index >= 15 is 0 Å². The van der Waals surface area contributed by atoms with Crippen LogP contribution in [0.15, 0.2) is 35.7 Å². The summed E-state index contributed by atoms with van der Waals surface area (Å²) in [5, 5.41) is 5.62. The van der Waals surface area contributed by atoms with Crippen LogP contribution < -0.4 is 10.2 Å². The Morgan fingerprint density at radius 1 is 1.15 bits per heavy atom. The number of hydrogen-bond acceptors (Lipinski definition) is 3. The quantitative estimate of drug-likeness (QED) is 0.913. The lowest BCUT2D eigenvalue weighted by atomic mass is 10.0. The molecule has 2 nitrogen and oxygen atoms in total. The van der Waals surface area contributed by atoms with E-state index in [2.05, 4.69) is 21.7 Å². The molecule has 2 aliphatic heterocycles. The third-order valence-corrected chi connectivity index (χ3v) is 5.43. The molecule has 0 radical (unpaired) electrons. The third kappa shape index (κ3) is 2.03. The molecule has 3 heterocycles. The molecule has 1 aromatic heterocycles. The molecule has 20 heavy (non-hydrogen) atoms. The number of benzene rings is 1. The minimum Gasteiger partial charge on any atom is -0.370 e. The van der Waals surface area contributed by atoms with Gasteiger partial charge in [-0.05, 0) is 24.0 Å². The number of fused-ring (bicyclic) bond motifs is 1. The standard InChI is InChI=1S/C16H17FN2S/c17-15-4-2-1-3-14(15)16-5-13(10-20-16)19-8-11-6-18-7-12(11)9-19/h1-5,10-12,18H,6-9H2. The molecule has 2 unspecified atom stereocenters. The van der Waals surface area contributed by atoms with Crippen LogP contribution in [-0.2, 0) is 0 Å². The molecule has 104 valence electrons. The van der Waals surface area contributed by atoms with Crippen molar-refractivity contribution in [2.24, 2.45) is 11.8 Å². The zero-order valence-electron chi connectivity index (χ0n) is 11.2. The summed E-state index contributed by atoms with van der Waals surface area (Å²) >= 11 is 1.63. The van der Waals surface area contributed by atoms with Gasteiger partial charge in [0.2, 0.25) is 0 Å². The van der Waals surface area contributed by atoms with Gasteiger partial charge >= 0.3 is 0 Å². The van der Waals surface area contributed by atoms with Crippen molar-refractivity contribution in [1.82, 2.24) is 5.32 Å². The van der Waals surface area contributed by atoms with Crippen LogP contribution in [0.25, 0.3) is 10.4 Å². The Balaban J connectivity index is 1.58. The van der Waals surface area contributed by atoms with Gasteiger partial charge in [0.25, 0.3) is 0 Å². The van der Waals surface area contributed by atoms with Crippen LogP contribution in [0.2, 0.25) is 0 Å². The minimum atomic E-state index is -0.136. The van der Waals surface area contributed by atoms with Crippen LogP contribution in [0.5, 0.6) is 0 Å². The van der Waals surface area contributed by atoms with E-state index in [1.165, 1.54) is 11.8 Å². The molecule has 2 atom stereocenters. The summed E-state index contributed by atoms with van der Waals surface area (Å²) in [6.45, 7) is 4.55. The molecule has 2 saturated heterocycles. The predicted octanol–water partition coefficient (Wildman–Crippen LogP) is 3.21. The van der Waals surface area contributed by atoms with Crippen LogP contribution in [0.4, 0.5) is 10.1 Å². The summed E-state index contributed by atoms with van der Waals surface area (Å²) in [6.07, 6.45) is 0. The Kier molecular flexibility index (Phi) is 3.00. The Bertz CT molecular complexity index is 612. The molecule has 0 aliphatic carbocycles. The Morgan fingerprint density at radius 2 is 1.90 bits per heavy atom. The molecule has 0 saturated carbocycles. The van der Waals surface area contributed by atoms with Crippen molar-refractivity contribution in [2.75, 3.05) is 31.1 Å². The Hall–Kier alpha value is -1.39. The van der Waals surface area contributed by atoms with Crippen LogP contribution in [0, 0.1) is 17.7 Å². The van der Waals surface area contributed by atoms with Crippen molar-refractivity contribution in [2.45, 2.75) is 0 Å². The molecule has 4 heteroatoms. The smallest absolute Gasteiger partial charge is 0.131 e. The number of nitrogens with one attached hydrogen (secondary N) is 1. The van der Waals surface area contributed by atoms with Crippen molar-refractivity contribution < 1.29 is 4.39 Å². The van der Waals surface area contributed by atoms with E-state index in [-0.39, 0.29) is 5.82 Å². The molecule has 1 aromatic carbocycles. The first-order chi connectivity index (χ1) is 9.81. The van der Waals surface area contributed by atoms with Crippen LogP contribution in [0.3, 0.4) is 0 Å². The monoisotopic (exact) mass is 288 g/mol. The third-order valence-electron chi connectivity index (χ3n) is 4.48. The van der Waals surface area contributed by atoms with Gasteiger partial charge in [-0.1, -0.05) is 18.2 Å². The fourth-order valence-electron chi connectivity index (χ4n) is 3.36. The number of rotatable bonds is 2. The van der Waals surface area contributed by atoms with E-state index in [4.69, 9.17) is 0 Å². The van der Waals surface area contributed by atoms with Gasteiger partial charge in [0.05, 0.1) is 0 Å². The van der Waals surface area contributed by atoms with Gasteiger partial charge < -0.3 is 10.2 Å². The molecule has 2 fully saturated rings. The number of thiophene rings is 1. The molecule has 0 spiro atoms. The zero-order valence-corrected chi connectivity index (χ0v) is 12.0. The zero-order chi connectivity index (χ0) is 13.5. The molecule has 2 aliphatic rings. The van der Waals surface area contributed by atoms with Crippen molar-refractivity contribution in [3.8, 4) is 10.4 Å². The molecule has 2 aromatic rings. The van der Waals surface area contributed by atoms with Gasteiger partial charge in [0.1, 0.15) is 5.82 Å².